The lowest BCUT2D eigenvalue weighted by Gasteiger charge is -2.15. The molecule has 7 nitrogen and oxygen atoms in total. The van der Waals surface area contributed by atoms with Crippen LogP contribution in [0.15, 0.2) is 31.8 Å². The Bertz CT molecular complexity index is 741. The molecule has 0 fully saturated rings. The van der Waals surface area contributed by atoms with Crippen LogP contribution in [0.5, 0.6) is 5.75 Å². The van der Waals surface area contributed by atoms with E-state index in [4.69, 9.17) is 13.6 Å². The molecule has 124 valence electrons. The molecule has 0 bridgehead atoms. The number of hydrogen-bond donors (Lipinski definition) is 1. The van der Waals surface area contributed by atoms with Gasteiger partial charge in [0.05, 0.1) is 19.4 Å². The molecule has 2 aromatic rings. The SMILES string of the molecule is COCc1cc(=O)c(O)c(C(CC(=O)OC)c2ccc(C)o2)o1. The highest BCUT2D eigenvalue weighted by molar-refractivity contribution is 5.71. The molecule has 0 aromatic carbocycles. The lowest BCUT2D eigenvalue weighted by atomic mass is 9.98. The summed E-state index contributed by atoms with van der Waals surface area (Å²) in [5, 5.41) is 10.1. The van der Waals surface area contributed by atoms with E-state index in [0.717, 1.165) is 6.07 Å². The molecule has 0 spiro atoms. The largest absolute Gasteiger partial charge is 0.502 e. The molecule has 0 radical (unpaired) electrons. The fourth-order valence-electron chi connectivity index (χ4n) is 2.22. The van der Waals surface area contributed by atoms with E-state index in [1.165, 1.54) is 14.2 Å². The average Bonchev–Trinajstić information content (AvgIpc) is 2.95. The molecule has 0 aliphatic rings. The summed E-state index contributed by atoms with van der Waals surface area (Å²) in [6.45, 7) is 1.81. The van der Waals surface area contributed by atoms with Crippen LogP contribution in [0.1, 0.15) is 35.4 Å². The molecule has 23 heavy (non-hydrogen) atoms. The fraction of sp³-hybridized carbons (Fsp3) is 0.375. The van der Waals surface area contributed by atoms with Gasteiger partial charge in [0, 0.05) is 13.2 Å². The van der Waals surface area contributed by atoms with E-state index < -0.39 is 23.1 Å². The van der Waals surface area contributed by atoms with Crippen LogP contribution >= 0.6 is 0 Å². The van der Waals surface area contributed by atoms with E-state index in [1.807, 2.05) is 0 Å². The number of carbonyl (C=O) groups is 1. The maximum atomic E-state index is 11.9. The summed E-state index contributed by atoms with van der Waals surface area (Å²) in [4.78, 5) is 23.6. The summed E-state index contributed by atoms with van der Waals surface area (Å²) < 4.78 is 20.7. The van der Waals surface area contributed by atoms with E-state index >= 15 is 0 Å². The molecule has 0 amide bonds. The molecule has 7 heteroatoms. The summed E-state index contributed by atoms with van der Waals surface area (Å²) in [6, 6.07) is 4.52. The first-order chi connectivity index (χ1) is 11.0. The Hall–Kier alpha value is -2.54. The molecule has 2 aromatic heterocycles. The summed E-state index contributed by atoms with van der Waals surface area (Å²) in [5.74, 6) is -0.657. The lowest BCUT2D eigenvalue weighted by Crippen LogP contribution is -2.13. The maximum absolute atomic E-state index is 11.9. The quantitative estimate of drug-likeness (QED) is 0.813. The van der Waals surface area contributed by atoms with Crippen molar-refractivity contribution in [1.82, 2.24) is 0 Å². The van der Waals surface area contributed by atoms with Gasteiger partial charge in [0.15, 0.2) is 5.76 Å². The van der Waals surface area contributed by atoms with E-state index in [1.54, 1.807) is 19.1 Å². The first kappa shape index (κ1) is 16.8. The molecule has 1 unspecified atom stereocenters. The maximum Gasteiger partial charge on any atom is 0.306 e. The van der Waals surface area contributed by atoms with E-state index in [9.17, 15) is 14.7 Å². The molecule has 0 saturated heterocycles. The summed E-state index contributed by atoms with van der Waals surface area (Å²) >= 11 is 0. The van der Waals surface area contributed by atoms with Crippen LogP contribution in [0, 0.1) is 6.92 Å². The van der Waals surface area contributed by atoms with Crippen molar-refractivity contribution < 1.29 is 28.2 Å². The van der Waals surface area contributed by atoms with Crippen molar-refractivity contribution in [2.75, 3.05) is 14.2 Å². The molecular weight excluding hydrogens is 304 g/mol. The molecule has 2 heterocycles. The molecule has 0 aliphatic heterocycles. The second kappa shape index (κ2) is 7.15. The fourth-order valence-corrected chi connectivity index (χ4v) is 2.22. The van der Waals surface area contributed by atoms with Crippen LogP contribution in [0.4, 0.5) is 0 Å². The standard InChI is InChI=1S/C16H18O7/c1-9-4-5-13(22-9)11(7-14(18)21-3)16-15(19)12(17)6-10(23-16)8-20-2/h4-6,11,19H,7-8H2,1-3H3. The van der Waals surface area contributed by atoms with Crippen LogP contribution < -0.4 is 5.43 Å². The number of furan rings is 1. The third-order valence-corrected chi connectivity index (χ3v) is 3.31. The van der Waals surface area contributed by atoms with Gasteiger partial charge in [-0.25, -0.2) is 0 Å². The number of aromatic hydroxyl groups is 1. The Labute approximate surface area is 132 Å². The number of methoxy groups -OCH3 is 2. The third kappa shape index (κ3) is 3.81. The van der Waals surface area contributed by atoms with Crippen molar-refractivity contribution in [3.8, 4) is 5.75 Å². The first-order valence-electron chi connectivity index (χ1n) is 6.94. The minimum absolute atomic E-state index is 0.0516. The third-order valence-electron chi connectivity index (χ3n) is 3.31. The van der Waals surface area contributed by atoms with Gasteiger partial charge in [0.1, 0.15) is 23.9 Å². The van der Waals surface area contributed by atoms with Gasteiger partial charge in [-0.3, -0.25) is 9.59 Å². The van der Waals surface area contributed by atoms with Crippen molar-refractivity contribution in [2.45, 2.75) is 25.9 Å². The number of hydrogen-bond acceptors (Lipinski definition) is 7. The zero-order chi connectivity index (χ0) is 17.0. The molecule has 0 saturated carbocycles. The lowest BCUT2D eigenvalue weighted by molar-refractivity contribution is -0.141. The van der Waals surface area contributed by atoms with Crippen LogP contribution in [-0.4, -0.2) is 25.3 Å². The number of esters is 1. The minimum atomic E-state index is -0.777. The Balaban J connectivity index is 2.54. The Morgan fingerprint density at radius 1 is 1.30 bits per heavy atom. The smallest absolute Gasteiger partial charge is 0.306 e. The topological polar surface area (TPSA) is 99.1 Å². The highest BCUT2D eigenvalue weighted by atomic mass is 16.5. The van der Waals surface area contributed by atoms with E-state index in [2.05, 4.69) is 4.74 Å². The van der Waals surface area contributed by atoms with Crippen molar-refractivity contribution in [3.63, 3.8) is 0 Å². The van der Waals surface area contributed by atoms with Gasteiger partial charge in [-0.15, -0.1) is 0 Å². The second-order valence-electron chi connectivity index (χ2n) is 5.00. The summed E-state index contributed by atoms with van der Waals surface area (Å²) in [6.07, 6.45) is -0.142. The second-order valence-corrected chi connectivity index (χ2v) is 5.00. The highest BCUT2D eigenvalue weighted by Gasteiger charge is 2.28. The number of ether oxygens (including phenoxy) is 2. The Kier molecular flexibility index (Phi) is 5.23. The predicted molar refractivity (Wildman–Crippen MR) is 79.3 cm³/mol. The van der Waals surface area contributed by atoms with Crippen molar-refractivity contribution >= 4 is 5.97 Å². The van der Waals surface area contributed by atoms with Crippen molar-refractivity contribution in [2.24, 2.45) is 0 Å². The minimum Gasteiger partial charge on any atom is -0.502 e. The van der Waals surface area contributed by atoms with Gasteiger partial charge >= 0.3 is 5.97 Å². The molecule has 2 rings (SSSR count). The summed E-state index contributed by atoms with van der Waals surface area (Å²) in [5.41, 5.74) is -0.614. The molecule has 0 aliphatic carbocycles. The number of carbonyl (C=O) groups excluding carboxylic acids is 1. The monoisotopic (exact) mass is 322 g/mol. The number of aryl methyl sites for hydroxylation is 1. The first-order valence-corrected chi connectivity index (χ1v) is 6.94. The Morgan fingerprint density at radius 3 is 2.61 bits per heavy atom. The van der Waals surface area contributed by atoms with Crippen LogP contribution in [-0.2, 0) is 20.9 Å². The average molecular weight is 322 g/mol. The van der Waals surface area contributed by atoms with E-state index in [-0.39, 0.29) is 24.5 Å². The van der Waals surface area contributed by atoms with Gasteiger partial charge < -0.3 is 23.4 Å². The summed E-state index contributed by atoms with van der Waals surface area (Å²) in [7, 11) is 2.71. The van der Waals surface area contributed by atoms with E-state index in [0.29, 0.717) is 11.5 Å². The van der Waals surface area contributed by atoms with Crippen LogP contribution in [0.2, 0.25) is 0 Å². The highest BCUT2D eigenvalue weighted by Crippen LogP contribution is 2.34. The van der Waals surface area contributed by atoms with Gasteiger partial charge in [-0.2, -0.15) is 0 Å². The normalized spacial score (nSPS) is 12.1. The van der Waals surface area contributed by atoms with Gasteiger partial charge in [0.2, 0.25) is 11.2 Å². The van der Waals surface area contributed by atoms with Crippen molar-refractivity contribution in [1.29, 1.82) is 0 Å². The van der Waals surface area contributed by atoms with Crippen LogP contribution in [0.3, 0.4) is 0 Å². The number of rotatable bonds is 6. The Morgan fingerprint density at radius 2 is 2.04 bits per heavy atom. The van der Waals surface area contributed by atoms with Gasteiger partial charge in [-0.1, -0.05) is 0 Å². The zero-order valence-electron chi connectivity index (χ0n) is 13.1. The molecule has 1 N–H and O–H groups in total. The van der Waals surface area contributed by atoms with Gasteiger partial charge in [0.25, 0.3) is 0 Å². The van der Waals surface area contributed by atoms with Crippen molar-refractivity contribution in [3.05, 3.63) is 51.5 Å². The molecular formula is C16H18O7. The zero-order valence-corrected chi connectivity index (χ0v) is 13.1. The predicted octanol–water partition coefficient (Wildman–Crippen LogP) is 2.09. The van der Waals surface area contributed by atoms with Crippen LogP contribution in [0.25, 0.3) is 0 Å². The van der Waals surface area contributed by atoms with Gasteiger partial charge in [-0.05, 0) is 19.1 Å². The molecule has 1 atom stereocenters.